The van der Waals surface area contributed by atoms with Crippen LogP contribution in [0.3, 0.4) is 0 Å². The van der Waals surface area contributed by atoms with E-state index in [1.54, 1.807) is 11.6 Å². The molecule has 3 rings (SSSR count). The summed E-state index contributed by atoms with van der Waals surface area (Å²) >= 11 is 0. The largest absolute Gasteiger partial charge is 0.375 e. The van der Waals surface area contributed by atoms with Crippen molar-refractivity contribution in [1.82, 2.24) is 19.7 Å². The minimum atomic E-state index is -3.77. The third-order valence-electron chi connectivity index (χ3n) is 4.07. The summed E-state index contributed by atoms with van der Waals surface area (Å²) in [6.45, 7) is 4.95. The summed E-state index contributed by atoms with van der Waals surface area (Å²) < 4.78 is 48.1. The van der Waals surface area contributed by atoms with Gasteiger partial charge in [0.15, 0.2) is 0 Å². The Morgan fingerprint density at radius 1 is 1.42 bits per heavy atom. The van der Waals surface area contributed by atoms with E-state index in [4.69, 9.17) is 4.74 Å². The number of aryl methyl sites for hydroxylation is 2. The molecule has 0 amide bonds. The predicted octanol–water partition coefficient (Wildman–Crippen LogP) is 1.16. The third-order valence-corrected chi connectivity index (χ3v) is 5.49. The summed E-state index contributed by atoms with van der Waals surface area (Å²) in [5.41, 5.74) is 2.12. The van der Waals surface area contributed by atoms with Crippen LogP contribution in [0, 0.1) is 25.6 Å². The van der Waals surface area contributed by atoms with E-state index in [0.29, 0.717) is 25.3 Å². The van der Waals surface area contributed by atoms with Gasteiger partial charge >= 0.3 is 0 Å². The van der Waals surface area contributed by atoms with Crippen molar-refractivity contribution in [2.75, 3.05) is 13.2 Å². The topological polar surface area (TPSA) is 86.1 Å². The number of fused-ring (bicyclic) bond motifs is 1. The van der Waals surface area contributed by atoms with Crippen molar-refractivity contribution in [3.05, 3.63) is 41.0 Å². The minimum absolute atomic E-state index is 0.0857. The van der Waals surface area contributed by atoms with Gasteiger partial charge in [0.25, 0.3) is 0 Å². The maximum atomic E-state index is 13.6. The van der Waals surface area contributed by atoms with Gasteiger partial charge in [0.05, 0.1) is 29.5 Å². The highest BCUT2D eigenvalue weighted by Crippen LogP contribution is 2.17. The van der Waals surface area contributed by atoms with E-state index >= 15 is 0 Å². The molecule has 1 aliphatic rings. The average molecular weight is 354 g/mol. The van der Waals surface area contributed by atoms with Gasteiger partial charge in [-0.25, -0.2) is 22.2 Å². The number of ether oxygens (including phenoxy) is 1. The summed E-state index contributed by atoms with van der Waals surface area (Å²) in [5.74, 6) is -0.629. The van der Waals surface area contributed by atoms with Crippen LogP contribution in [0.4, 0.5) is 4.39 Å². The molecule has 7 nitrogen and oxygen atoms in total. The lowest BCUT2D eigenvalue weighted by molar-refractivity contribution is 0.0954. The number of benzene rings is 1. The molecule has 0 radical (unpaired) electrons. The van der Waals surface area contributed by atoms with E-state index in [0.717, 1.165) is 17.5 Å². The first-order valence-corrected chi connectivity index (χ1v) is 9.07. The van der Waals surface area contributed by atoms with Crippen molar-refractivity contribution >= 4 is 10.0 Å². The SMILES string of the molecule is Cc1ccc(S(=O)(=O)NC[C@@H]2COCc3c(C)nnn3C2)cc1F. The van der Waals surface area contributed by atoms with E-state index < -0.39 is 15.8 Å². The first kappa shape index (κ1) is 17.0. The molecule has 24 heavy (non-hydrogen) atoms. The van der Waals surface area contributed by atoms with Crippen LogP contribution in [-0.4, -0.2) is 36.6 Å². The highest BCUT2D eigenvalue weighted by atomic mass is 32.2. The highest BCUT2D eigenvalue weighted by molar-refractivity contribution is 7.89. The van der Waals surface area contributed by atoms with Crippen molar-refractivity contribution in [2.24, 2.45) is 5.92 Å². The smallest absolute Gasteiger partial charge is 0.240 e. The second kappa shape index (κ2) is 6.58. The lowest BCUT2D eigenvalue weighted by atomic mass is 10.1. The Bertz CT molecular complexity index is 850. The fraction of sp³-hybridized carbons (Fsp3) is 0.467. The maximum Gasteiger partial charge on any atom is 0.240 e. The van der Waals surface area contributed by atoms with Gasteiger partial charge in [-0.3, -0.25) is 0 Å². The molecule has 0 bridgehead atoms. The fourth-order valence-corrected chi connectivity index (χ4v) is 3.67. The summed E-state index contributed by atoms with van der Waals surface area (Å²) in [6, 6.07) is 3.87. The summed E-state index contributed by atoms with van der Waals surface area (Å²) in [5, 5.41) is 8.05. The van der Waals surface area contributed by atoms with E-state index in [1.165, 1.54) is 12.1 Å². The lowest BCUT2D eigenvalue weighted by Gasteiger charge is -2.15. The fourth-order valence-electron chi connectivity index (χ4n) is 2.54. The molecule has 0 spiro atoms. The van der Waals surface area contributed by atoms with Crippen LogP contribution in [0.25, 0.3) is 0 Å². The van der Waals surface area contributed by atoms with Crippen LogP contribution in [0.1, 0.15) is 17.0 Å². The normalized spacial score (nSPS) is 18.2. The molecule has 0 aliphatic carbocycles. The quantitative estimate of drug-likeness (QED) is 0.890. The number of rotatable bonds is 4. The molecule has 1 aromatic carbocycles. The number of hydrogen-bond donors (Lipinski definition) is 1. The Morgan fingerprint density at radius 2 is 2.21 bits per heavy atom. The van der Waals surface area contributed by atoms with Crippen molar-refractivity contribution in [1.29, 1.82) is 0 Å². The molecule has 1 aliphatic heterocycles. The Hall–Kier alpha value is -1.84. The first-order valence-electron chi connectivity index (χ1n) is 7.59. The van der Waals surface area contributed by atoms with Crippen LogP contribution in [0.15, 0.2) is 23.1 Å². The van der Waals surface area contributed by atoms with E-state index in [9.17, 15) is 12.8 Å². The molecule has 130 valence electrons. The van der Waals surface area contributed by atoms with Gasteiger partial charge in [-0.2, -0.15) is 0 Å². The summed E-state index contributed by atoms with van der Waals surface area (Å²) in [7, 11) is -3.77. The lowest BCUT2D eigenvalue weighted by Crippen LogP contribution is -2.33. The molecule has 1 N–H and O–H groups in total. The zero-order valence-corrected chi connectivity index (χ0v) is 14.3. The second-order valence-electron chi connectivity index (χ2n) is 5.95. The Balaban J connectivity index is 1.69. The van der Waals surface area contributed by atoms with Gasteiger partial charge in [-0.05, 0) is 31.5 Å². The number of nitrogens with zero attached hydrogens (tertiary/aromatic N) is 3. The minimum Gasteiger partial charge on any atom is -0.375 e. The number of aromatic nitrogens is 3. The first-order chi connectivity index (χ1) is 11.4. The number of halogens is 1. The molecule has 2 heterocycles. The van der Waals surface area contributed by atoms with Crippen LogP contribution in [0.2, 0.25) is 0 Å². The average Bonchev–Trinajstić information content (AvgIpc) is 2.77. The monoisotopic (exact) mass is 354 g/mol. The Labute approximate surface area is 139 Å². The van der Waals surface area contributed by atoms with Gasteiger partial charge in [0.1, 0.15) is 5.82 Å². The maximum absolute atomic E-state index is 13.6. The van der Waals surface area contributed by atoms with Gasteiger partial charge in [0, 0.05) is 19.0 Å². The Kier molecular flexibility index (Phi) is 4.66. The third kappa shape index (κ3) is 3.47. The van der Waals surface area contributed by atoms with Crippen molar-refractivity contribution < 1.29 is 17.5 Å². The van der Waals surface area contributed by atoms with Crippen molar-refractivity contribution in [2.45, 2.75) is 31.9 Å². The second-order valence-corrected chi connectivity index (χ2v) is 7.71. The molecule has 0 fully saturated rings. The zero-order valence-electron chi connectivity index (χ0n) is 13.5. The molecule has 0 saturated carbocycles. The molecule has 1 aromatic heterocycles. The van der Waals surface area contributed by atoms with Gasteiger partial charge in [0.2, 0.25) is 10.0 Å². The van der Waals surface area contributed by atoms with Gasteiger partial charge in [-0.15, -0.1) is 5.10 Å². The zero-order chi connectivity index (χ0) is 17.3. The molecule has 9 heteroatoms. The molecule has 0 saturated heterocycles. The van der Waals surface area contributed by atoms with Gasteiger partial charge < -0.3 is 4.74 Å². The van der Waals surface area contributed by atoms with Crippen LogP contribution < -0.4 is 4.72 Å². The van der Waals surface area contributed by atoms with E-state index in [1.807, 2.05) is 6.92 Å². The molecular formula is C15H19FN4O3S. The predicted molar refractivity (Wildman–Crippen MR) is 84.2 cm³/mol. The number of nitrogens with one attached hydrogen (secondary N) is 1. The van der Waals surface area contributed by atoms with Crippen LogP contribution in [-0.2, 0) is 27.9 Å². The standard InChI is InChI=1S/C15H19FN4O3S/c1-10-3-4-13(5-14(10)16)24(21,22)17-6-12-7-20-15(9-23-8-12)11(2)18-19-20/h3-5,12,17H,6-9H2,1-2H3/t12-/m0/s1. The van der Waals surface area contributed by atoms with Gasteiger partial charge in [-0.1, -0.05) is 11.3 Å². The molecular weight excluding hydrogens is 335 g/mol. The highest BCUT2D eigenvalue weighted by Gasteiger charge is 2.23. The van der Waals surface area contributed by atoms with E-state index in [-0.39, 0.29) is 17.4 Å². The molecule has 0 unspecified atom stereocenters. The Morgan fingerprint density at radius 3 is 2.96 bits per heavy atom. The number of sulfonamides is 1. The summed E-state index contributed by atoms with van der Waals surface area (Å²) in [6.07, 6.45) is 0. The molecule has 2 aromatic rings. The van der Waals surface area contributed by atoms with Crippen molar-refractivity contribution in [3.8, 4) is 0 Å². The van der Waals surface area contributed by atoms with Crippen molar-refractivity contribution in [3.63, 3.8) is 0 Å². The van der Waals surface area contributed by atoms with E-state index in [2.05, 4.69) is 15.0 Å². The van der Waals surface area contributed by atoms with Crippen LogP contribution >= 0.6 is 0 Å². The van der Waals surface area contributed by atoms with Crippen LogP contribution in [0.5, 0.6) is 0 Å². The number of hydrogen-bond acceptors (Lipinski definition) is 5. The molecule has 1 atom stereocenters. The summed E-state index contributed by atoms with van der Waals surface area (Å²) in [4.78, 5) is -0.0857.